The molecule has 0 bridgehead atoms. The molecule has 3 rings (SSSR count). The van der Waals surface area contributed by atoms with Crippen LogP contribution in [0.25, 0.3) is 10.8 Å². The molecule has 0 amide bonds. The number of carbonyl (C=O) groups is 1. The third-order valence-electron chi connectivity index (χ3n) is 3.68. The van der Waals surface area contributed by atoms with Crippen molar-refractivity contribution in [2.45, 2.75) is 12.8 Å². The zero-order chi connectivity index (χ0) is 13.2. The summed E-state index contributed by atoms with van der Waals surface area (Å²) in [4.78, 5) is 17.5. The molecule has 1 unspecified atom stereocenters. The van der Waals surface area contributed by atoms with Crippen molar-refractivity contribution in [3.63, 3.8) is 0 Å². The first-order chi connectivity index (χ1) is 9.28. The van der Waals surface area contributed by atoms with Crippen LogP contribution in [0.4, 0.5) is 5.82 Å². The molecule has 1 atom stereocenters. The van der Waals surface area contributed by atoms with E-state index < -0.39 is 0 Å². The fourth-order valence-corrected chi connectivity index (χ4v) is 2.71. The van der Waals surface area contributed by atoms with Gasteiger partial charge in [-0.15, -0.1) is 0 Å². The van der Waals surface area contributed by atoms with Crippen LogP contribution in [0.15, 0.2) is 30.5 Å². The number of benzene rings is 1. The average molecular weight is 256 g/mol. The van der Waals surface area contributed by atoms with E-state index in [0.29, 0.717) is 6.54 Å². The molecule has 98 valence electrons. The van der Waals surface area contributed by atoms with Gasteiger partial charge in [-0.3, -0.25) is 0 Å². The summed E-state index contributed by atoms with van der Waals surface area (Å²) < 4.78 is 0. The van der Waals surface area contributed by atoms with E-state index in [2.05, 4.69) is 9.88 Å². The summed E-state index contributed by atoms with van der Waals surface area (Å²) in [7, 11) is 0. The Bertz CT molecular complexity index is 612. The smallest absolute Gasteiger partial charge is 0.136 e. The molecule has 2 aromatic rings. The molecule has 0 radical (unpaired) electrons. The number of piperidine rings is 1. The number of aromatic hydroxyl groups is 1. The Morgan fingerprint density at radius 1 is 1.37 bits per heavy atom. The molecule has 1 fully saturated rings. The lowest BCUT2D eigenvalue weighted by Crippen LogP contribution is -2.36. The van der Waals surface area contributed by atoms with Crippen molar-refractivity contribution in [1.29, 1.82) is 0 Å². The quantitative estimate of drug-likeness (QED) is 0.838. The van der Waals surface area contributed by atoms with Gasteiger partial charge in [-0.05, 0) is 36.4 Å². The van der Waals surface area contributed by atoms with E-state index in [4.69, 9.17) is 0 Å². The Kier molecular flexibility index (Phi) is 3.07. The van der Waals surface area contributed by atoms with Crippen molar-refractivity contribution in [3.8, 4) is 5.75 Å². The van der Waals surface area contributed by atoms with Crippen LogP contribution in [0.5, 0.6) is 5.75 Å². The van der Waals surface area contributed by atoms with E-state index in [1.807, 2.05) is 12.1 Å². The van der Waals surface area contributed by atoms with Gasteiger partial charge in [-0.2, -0.15) is 0 Å². The summed E-state index contributed by atoms with van der Waals surface area (Å²) in [5, 5.41) is 11.6. The van der Waals surface area contributed by atoms with Gasteiger partial charge < -0.3 is 14.8 Å². The van der Waals surface area contributed by atoms with Gasteiger partial charge in [0.25, 0.3) is 0 Å². The summed E-state index contributed by atoms with van der Waals surface area (Å²) in [6.07, 6.45) is 4.77. The minimum atomic E-state index is 0.0862. The van der Waals surface area contributed by atoms with Gasteiger partial charge >= 0.3 is 0 Å². The van der Waals surface area contributed by atoms with Gasteiger partial charge in [0.15, 0.2) is 0 Å². The summed E-state index contributed by atoms with van der Waals surface area (Å²) in [5.41, 5.74) is 0. The van der Waals surface area contributed by atoms with Gasteiger partial charge in [-0.25, -0.2) is 4.98 Å². The molecule has 0 spiro atoms. The van der Waals surface area contributed by atoms with Crippen LogP contribution in [-0.2, 0) is 4.79 Å². The van der Waals surface area contributed by atoms with Crippen LogP contribution in [-0.4, -0.2) is 29.5 Å². The molecule has 4 nitrogen and oxygen atoms in total. The first kappa shape index (κ1) is 12.0. The Labute approximate surface area is 111 Å². The molecule has 0 aliphatic carbocycles. The summed E-state index contributed by atoms with van der Waals surface area (Å²) >= 11 is 0. The normalized spacial score (nSPS) is 19.6. The Morgan fingerprint density at radius 3 is 3.11 bits per heavy atom. The Morgan fingerprint density at radius 2 is 2.26 bits per heavy atom. The number of aromatic nitrogens is 1. The molecular formula is C15H16N2O2. The lowest BCUT2D eigenvalue weighted by atomic mass is 9.99. The number of pyridine rings is 1. The lowest BCUT2D eigenvalue weighted by molar-refractivity contribution is -0.111. The number of phenolic OH excluding ortho intramolecular Hbond substituents is 1. The van der Waals surface area contributed by atoms with E-state index in [0.717, 1.165) is 42.3 Å². The zero-order valence-electron chi connectivity index (χ0n) is 10.6. The number of anilines is 1. The average Bonchev–Trinajstić information content (AvgIpc) is 2.46. The van der Waals surface area contributed by atoms with Crippen LogP contribution in [0.3, 0.4) is 0 Å². The number of hydrogen-bond donors (Lipinski definition) is 1. The Hall–Kier alpha value is -2.10. The van der Waals surface area contributed by atoms with E-state index in [-0.39, 0.29) is 11.7 Å². The predicted molar refractivity (Wildman–Crippen MR) is 74.4 cm³/mol. The maximum atomic E-state index is 11.0. The molecule has 1 aliphatic rings. The second kappa shape index (κ2) is 4.88. The van der Waals surface area contributed by atoms with Gasteiger partial charge in [0.1, 0.15) is 17.9 Å². The topological polar surface area (TPSA) is 53.4 Å². The van der Waals surface area contributed by atoms with Crippen LogP contribution < -0.4 is 4.90 Å². The molecule has 1 aromatic heterocycles. The highest BCUT2D eigenvalue weighted by Gasteiger charge is 2.21. The monoisotopic (exact) mass is 256 g/mol. The van der Waals surface area contributed by atoms with Crippen LogP contribution in [0.2, 0.25) is 0 Å². The molecule has 19 heavy (non-hydrogen) atoms. The van der Waals surface area contributed by atoms with Crippen molar-refractivity contribution in [2.75, 3.05) is 18.0 Å². The third kappa shape index (κ3) is 2.26. The largest absolute Gasteiger partial charge is 0.508 e. The minimum Gasteiger partial charge on any atom is -0.508 e. The second-order valence-electron chi connectivity index (χ2n) is 5.02. The first-order valence-electron chi connectivity index (χ1n) is 6.56. The standard InChI is InChI=1S/C15H16N2O2/c18-10-11-2-1-7-17(9-11)15-14-8-13(19)4-3-12(14)5-6-16-15/h3-6,8,10-11,19H,1-2,7,9H2. The highest BCUT2D eigenvalue weighted by molar-refractivity contribution is 5.93. The van der Waals surface area contributed by atoms with E-state index >= 15 is 0 Å². The first-order valence-corrected chi connectivity index (χ1v) is 6.56. The molecule has 1 aromatic carbocycles. The van der Waals surface area contributed by atoms with Crippen molar-refractivity contribution in [3.05, 3.63) is 30.5 Å². The van der Waals surface area contributed by atoms with Crippen LogP contribution in [0, 0.1) is 5.92 Å². The van der Waals surface area contributed by atoms with Gasteiger partial charge in [0, 0.05) is 30.6 Å². The molecular weight excluding hydrogens is 240 g/mol. The number of phenols is 1. The summed E-state index contributed by atoms with van der Waals surface area (Å²) in [5.74, 6) is 1.19. The zero-order valence-corrected chi connectivity index (χ0v) is 10.6. The van der Waals surface area contributed by atoms with Crippen LogP contribution >= 0.6 is 0 Å². The summed E-state index contributed by atoms with van der Waals surface area (Å²) in [6, 6.07) is 7.23. The number of carbonyl (C=O) groups excluding carboxylic acids is 1. The van der Waals surface area contributed by atoms with E-state index in [1.54, 1.807) is 18.3 Å². The molecule has 1 N–H and O–H groups in total. The molecule has 2 heterocycles. The Balaban J connectivity index is 2.04. The predicted octanol–water partition coefficient (Wildman–Crippen LogP) is 2.36. The lowest BCUT2D eigenvalue weighted by Gasteiger charge is -2.31. The number of nitrogens with zero attached hydrogens (tertiary/aromatic N) is 2. The van der Waals surface area contributed by atoms with E-state index in [9.17, 15) is 9.90 Å². The fraction of sp³-hybridized carbons (Fsp3) is 0.333. The molecule has 1 aliphatic heterocycles. The van der Waals surface area contributed by atoms with Gasteiger partial charge in [0.05, 0.1) is 0 Å². The number of aldehydes is 1. The van der Waals surface area contributed by atoms with Gasteiger partial charge in [0.2, 0.25) is 0 Å². The summed E-state index contributed by atoms with van der Waals surface area (Å²) in [6.45, 7) is 1.62. The van der Waals surface area contributed by atoms with Gasteiger partial charge in [-0.1, -0.05) is 6.07 Å². The number of hydrogen-bond acceptors (Lipinski definition) is 4. The maximum absolute atomic E-state index is 11.0. The third-order valence-corrected chi connectivity index (χ3v) is 3.68. The molecule has 0 saturated carbocycles. The maximum Gasteiger partial charge on any atom is 0.136 e. The number of rotatable bonds is 2. The van der Waals surface area contributed by atoms with Crippen molar-refractivity contribution < 1.29 is 9.90 Å². The highest BCUT2D eigenvalue weighted by atomic mass is 16.3. The SMILES string of the molecule is O=CC1CCCN(c2nccc3ccc(O)cc23)C1. The molecule has 1 saturated heterocycles. The number of fused-ring (bicyclic) bond motifs is 1. The fourth-order valence-electron chi connectivity index (χ4n) is 2.71. The second-order valence-corrected chi connectivity index (χ2v) is 5.02. The van der Waals surface area contributed by atoms with Crippen molar-refractivity contribution >= 4 is 22.9 Å². The van der Waals surface area contributed by atoms with Crippen molar-refractivity contribution in [2.24, 2.45) is 5.92 Å². The van der Waals surface area contributed by atoms with Crippen molar-refractivity contribution in [1.82, 2.24) is 4.98 Å². The van der Waals surface area contributed by atoms with E-state index in [1.165, 1.54) is 0 Å². The molecule has 4 heteroatoms. The highest BCUT2D eigenvalue weighted by Crippen LogP contribution is 2.30. The minimum absolute atomic E-state index is 0.0862. The van der Waals surface area contributed by atoms with Crippen LogP contribution in [0.1, 0.15) is 12.8 Å².